The average molecular weight is 290 g/mol. The average Bonchev–Trinajstić information content (AvgIpc) is 2.65. The van der Waals surface area contributed by atoms with Crippen molar-refractivity contribution in [3.63, 3.8) is 0 Å². The molecule has 116 valence electrons. The van der Waals surface area contributed by atoms with Gasteiger partial charge >= 0.3 is 0 Å². The van der Waals surface area contributed by atoms with Crippen LogP contribution < -0.4 is 5.32 Å². The molecule has 1 aliphatic rings. The number of nitrogens with zero attached hydrogens (tertiary/aromatic N) is 1. The summed E-state index contributed by atoms with van der Waals surface area (Å²) in [6, 6.07) is 5.84. The van der Waals surface area contributed by atoms with E-state index < -0.39 is 0 Å². The van der Waals surface area contributed by atoms with E-state index in [0.717, 1.165) is 17.2 Å². The summed E-state index contributed by atoms with van der Waals surface area (Å²) in [5, 5.41) is 14.4. The molecule has 0 aliphatic heterocycles. The van der Waals surface area contributed by atoms with E-state index in [1.54, 1.807) is 13.0 Å². The van der Waals surface area contributed by atoms with Crippen LogP contribution in [0.15, 0.2) is 18.2 Å². The van der Waals surface area contributed by atoms with Crippen LogP contribution in [0, 0.1) is 23.0 Å². The molecule has 2 unspecified atom stereocenters. The molecule has 0 aromatic heterocycles. The lowest BCUT2D eigenvalue weighted by Crippen LogP contribution is -2.18. The van der Waals surface area contributed by atoms with Crippen molar-refractivity contribution < 1.29 is 4.92 Å². The number of nitro groups is 1. The van der Waals surface area contributed by atoms with Crippen molar-refractivity contribution in [1.82, 2.24) is 0 Å². The molecule has 4 nitrogen and oxygen atoms in total. The van der Waals surface area contributed by atoms with Crippen molar-refractivity contribution >= 4 is 11.4 Å². The summed E-state index contributed by atoms with van der Waals surface area (Å²) in [6.07, 6.45) is 8.99. The molecule has 0 saturated heterocycles. The highest BCUT2D eigenvalue weighted by Crippen LogP contribution is 2.29. The molecule has 1 saturated carbocycles. The van der Waals surface area contributed by atoms with E-state index in [4.69, 9.17) is 0 Å². The van der Waals surface area contributed by atoms with Crippen molar-refractivity contribution in [3.05, 3.63) is 33.9 Å². The zero-order chi connectivity index (χ0) is 15.2. The van der Waals surface area contributed by atoms with Crippen molar-refractivity contribution in [2.75, 3.05) is 5.32 Å². The van der Waals surface area contributed by atoms with Crippen molar-refractivity contribution in [2.45, 2.75) is 64.8 Å². The van der Waals surface area contributed by atoms with E-state index in [1.165, 1.54) is 44.9 Å². The van der Waals surface area contributed by atoms with Crippen molar-refractivity contribution in [3.8, 4) is 0 Å². The molecular weight excluding hydrogens is 264 g/mol. The van der Waals surface area contributed by atoms with Gasteiger partial charge in [0.2, 0.25) is 0 Å². The normalized spacial score (nSPS) is 22.6. The smallest absolute Gasteiger partial charge is 0.272 e. The maximum atomic E-state index is 10.9. The fourth-order valence-electron chi connectivity index (χ4n) is 3.41. The molecular formula is C17H26N2O2. The van der Waals surface area contributed by atoms with Crippen LogP contribution in [0.25, 0.3) is 0 Å². The minimum absolute atomic E-state index is 0.199. The number of nitro benzene ring substituents is 1. The Morgan fingerprint density at radius 2 is 2.10 bits per heavy atom. The van der Waals surface area contributed by atoms with E-state index >= 15 is 0 Å². The van der Waals surface area contributed by atoms with Crippen LogP contribution in [-0.2, 0) is 0 Å². The molecule has 1 N–H and O–H groups in total. The van der Waals surface area contributed by atoms with E-state index in [2.05, 4.69) is 12.2 Å². The van der Waals surface area contributed by atoms with E-state index in [9.17, 15) is 10.1 Å². The van der Waals surface area contributed by atoms with Gasteiger partial charge in [-0.1, -0.05) is 32.6 Å². The first-order chi connectivity index (χ1) is 10.1. The molecule has 21 heavy (non-hydrogen) atoms. The lowest BCUT2D eigenvalue weighted by atomic mass is 9.95. The predicted molar refractivity (Wildman–Crippen MR) is 86.7 cm³/mol. The molecule has 0 heterocycles. The van der Waals surface area contributed by atoms with Crippen LogP contribution in [0.5, 0.6) is 0 Å². The molecule has 1 fully saturated rings. The summed E-state index contributed by atoms with van der Waals surface area (Å²) >= 11 is 0. The van der Waals surface area contributed by atoms with Crippen LogP contribution in [0.3, 0.4) is 0 Å². The molecule has 1 aliphatic carbocycles. The van der Waals surface area contributed by atoms with Crippen LogP contribution in [0.2, 0.25) is 0 Å². The van der Waals surface area contributed by atoms with Gasteiger partial charge < -0.3 is 5.32 Å². The topological polar surface area (TPSA) is 55.2 Å². The second kappa shape index (κ2) is 7.43. The first-order valence-electron chi connectivity index (χ1n) is 8.11. The predicted octanol–water partition coefficient (Wildman–Crippen LogP) is 5.06. The molecule has 2 atom stereocenters. The molecule has 4 heteroatoms. The fourth-order valence-corrected chi connectivity index (χ4v) is 3.41. The van der Waals surface area contributed by atoms with Crippen LogP contribution in [0.1, 0.15) is 57.4 Å². The zero-order valence-corrected chi connectivity index (χ0v) is 13.1. The highest BCUT2D eigenvalue weighted by atomic mass is 16.6. The molecule has 1 aromatic rings. The summed E-state index contributed by atoms with van der Waals surface area (Å²) in [6.45, 7) is 4.06. The Kier molecular flexibility index (Phi) is 5.59. The Labute approximate surface area is 127 Å². The second-order valence-electron chi connectivity index (χ2n) is 6.26. The standard InChI is InChI=1S/C17H26N2O2/c1-3-5-14-6-4-7-15(9-8-14)18-16-10-11-17(19(20)21)13(2)12-16/h10-12,14-15,18H,3-9H2,1-2H3. The Balaban J connectivity index is 1.95. The molecule has 1 aromatic carbocycles. The van der Waals surface area contributed by atoms with Gasteiger partial charge in [-0.25, -0.2) is 0 Å². The minimum Gasteiger partial charge on any atom is -0.382 e. The lowest BCUT2D eigenvalue weighted by molar-refractivity contribution is -0.385. The van der Waals surface area contributed by atoms with Gasteiger partial charge in [0.05, 0.1) is 4.92 Å². The first-order valence-corrected chi connectivity index (χ1v) is 8.11. The highest BCUT2D eigenvalue weighted by molar-refractivity contribution is 5.54. The zero-order valence-electron chi connectivity index (χ0n) is 13.1. The van der Waals surface area contributed by atoms with Gasteiger partial charge in [-0.15, -0.1) is 0 Å². The largest absolute Gasteiger partial charge is 0.382 e. The molecule has 2 rings (SSSR count). The maximum absolute atomic E-state index is 10.9. The molecule has 0 radical (unpaired) electrons. The third-order valence-corrected chi connectivity index (χ3v) is 4.55. The summed E-state index contributed by atoms with van der Waals surface area (Å²) in [7, 11) is 0. The van der Waals surface area contributed by atoms with Gasteiger partial charge in [-0.2, -0.15) is 0 Å². The van der Waals surface area contributed by atoms with E-state index in [-0.39, 0.29) is 10.6 Å². The van der Waals surface area contributed by atoms with Crippen LogP contribution in [0.4, 0.5) is 11.4 Å². The van der Waals surface area contributed by atoms with Crippen molar-refractivity contribution in [2.24, 2.45) is 5.92 Å². The van der Waals surface area contributed by atoms with Gasteiger partial charge in [-0.05, 0) is 44.2 Å². The number of anilines is 1. The number of hydrogen-bond donors (Lipinski definition) is 1. The molecule has 0 spiro atoms. The Morgan fingerprint density at radius 1 is 1.29 bits per heavy atom. The number of nitrogens with one attached hydrogen (secondary N) is 1. The van der Waals surface area contributed by atoms with Gasteiger partial charge in [0.25, 0.3) is 5.69 Å². The minimum atomic E-state index is -0.319. The SMILES string of the molecule is CCCC1CCCC(Nc2ccc([N+](=O)[O-])c(C)c2)CC1. The molecule has 0 bridgehead atoms. The summed E-state index contributed by atoms with van der Waals surface area (Å²) in [5.74, 6) is 0.889. The quantitative estimate of drug-likeness (QED) is 0.468. The van der Waals surface area contributed by atoms with Crippen LogP contribution in [-0.4, -0.2) is 11.0 Å². The first kappa shape index (κ1) is 15.8. The lowest BCUT2D eigenvalue weighted by Gasteiger charge is -2.18. The van der Waals surface area contributed by atoms with Crippen LogP contribution >= 0.6 is 0 Å². The highest BCUT2D eigenvalue weighted by Gasteiger charge is 2.19. The maximum Gasteiger partial charge on any atom is 0.272 e. The third-order valence-electron chi connectivity index (χ3n) is 4.55. The summed E-state index contributed by atoms with van der Waals surface area (Å²) in [4.78, 5) is 10.5. The number of hydrogen-bond acceptors (Lipinski definition) is 3. The fraction of sp³-hybridized carbons (Fsp3) is 0.647. The summed E-state index contributed by atoms with van der Waals surface area (Å²) < 4.78 is 0. The Morgan fingerprint density at radius 3 is 2.76 bits per heavy atom. The Bertz CT molecular complexity index is 488. The Hall–Kier alpha value is -1.58. The third kappa shape index (κ3) is 4.45. The number of rotatable bonds is 5. The van der Waals surface area contributed by atoms with Gasteiger partial charge in [0.15, 0.2) is 0 Å². The van der Waals surface area contributed by atoms with Crippen molar-refractivity contribution in [1.29, 1.82) is 0 Å². The van der Waals surface area contributed by atoms with E-state index in [1.807, 2.05) is 12.1 Å². The van der Waals surface area contributed by atoms with E-state index in [0.29, 0.717) is 6.04 Å². The molecule has 0 amide bonds. The van der Waals surface area contributed by atoms with Gasteiger partial charge in [0.1, 0.15) is 0 Å². The monoisotopic (exact) mass is 290 g/mol. The number of aryl methyl sites for hydroxylation is 1. The number of benzene rings is 1. The summed E-state index contributed by atoms with van der Waals surface area (Å²) in [5.41, 5.74) is 1.93. The van der Waals surface area contributed by atoms with Gasteiger partial charge in [0, 0.05) is 23.4 Å². The van der Waals surface area contributed by atoms with Gasteiger partial charge in [-0.3, -0.25) is 10.1 Å². The second-order valence-corrected chi connectivity index (χ2v) is 6.26.